The van der Waals surface area contributed by atoms with E-state index < -0.39 is 6.10 Å². The molecule has 0 amide bonds. The van der Waals surface area contributed by atoms with Gasteiger partial charge in [-0.2, -0.15) is 0 Å². The van der Waals surface area contributed by atoms with Gasteiger partial charge in [-0.1, -0.05) is 36.0 Å². The highest BCUT2D eigenvalue weighted by atomic mass is 35.5. The molecule has 1 fully saturated rings. The van der Waals surface area contributed by atoms with Gasteiger partial charge in [0.15, 0.2) is 0 Å². The van der Waals surface area contributed by atoms with Crippen molar-refractivity contribution in [3.05, 3.63) is 28.2 Å². The van der Waals surface area contributed by atoms with E-state index in [0.717, 1.165) is 0 Å². The Kier molecular flexibility index (Phi) is 5.56. The normalized spacial score (nSPS) is 19.0. The third kappa shape index (κ3) is 4.52. The highest BCUT2D eigenvalue weighted by Gasteiger charge is 2.28. The number of ether oxygens (including phenoxy) is 1. The minimum Gasteiger partial charge on any atom is -0.489 e. The zero-order chi connectivity index (χ0) is 14.6. The second-order valence-corrected chi connectivity index (χ2v) is 6.53. The molecule has 1 aromatic rings. The Labute approximate surface area is 130 Å². The van der Waals surface area contributed by atoms with Crippen LogP contribution in [0.25, 0.3) is 0 Å². The van der Waals surface area contributed by atoms with Gasteiger partial charge in [0, 0.05) is 23.2 Å². The molecule has 2 N–H and O–H groups in total. The average Bonchev–Trinajstić information content (AvgIpc) is 2.85. The second-order valence-electron chi connectivity index (χ2n) is 5.69. The predicted molar refractivity (Wildman–Crippen MR) is 82.8 cm³/mol. The van der Waals surface area contributed by atoms with E-state index in [-0.39, 0.29) is 12.1 Å². The predicted octanol–water partition coefficient (Wildman–Crippen LogP) is 3.66. The summed E-state index contributed by atoms with van der Waals surface area (Å²) in [6, 6.07) is 5.04. The van der Waals surface area contributed by atoms with Gasteiger partial charge in [-0.3, -0.25) is 0 Å². The van der Waals surface area contributed by atoms with E-state index in [2.05, 4.69) is 12.2 Å². The highest BCUT2D eigenvalue weighted by Crippen LogP contribution is 2.29. The monoisotopic (exact) mass is 317 g/mol. The van der Waals surface area contributed by atoms with Crippen molar-refractivity contribution in [1.29, 1.82) is 0 Å². The Morgan fingerprint density at radius 3 is 2.75 bits per heavy atom. The minimum absolute atomic E-state index is 0.161. The third-order valence-corrected chi connectivity index (χ3v) is 4.34. The zero-order valence-corrected chi connectivity index (χ0v) is 13.2. The molecule has 0 heterocycles. The average molecular weight is 318 g/mol. The first-order valence-corrected chi connectivity index (χ1v) is 7.75. The highest BCUT2D eigenvalue weighted by molar-refractivity contribution is 6.34. The zero-order valence-electron chi connectivity index (χ0n) is 11.7. The van der Waals surface area contributed by atoms with Gasteiger partial charge < -0.3 is 15.2 Å². The molecule has 1 aromatic carbocycles. The standard InChI is InChI=1S/C15H21Cl2NO2/c1-15(6-2-3-7-15)18-9-12(19)10-20-14-8-11(16)4-5-13(14)17/h4-5,8,12,18-19H,2-3,6-7,9-10H2,1H3. The van der Waals surface area contributed by atoms with Gasteiger partial charge in [0.1, 0.15) is 18.5 Å². The molecular weight excluding hydrogens is 297 g/mol. The van der Waals surface area contributed by atoms with Gasteiger partial charge in [-0.05, 0) is 31.9 Å². The minimum atomic E-state index is -0.567. The van der Waals surface area contributed by atoms with Crippen LogP contribution in [0.3, 0.4) is 0 Å². The smallest absolute Gasteiger partial charge is 0.139 e. The summed E-state index contributed by atoms with van der Waals surface area (Å²) in [5, 5.41) is 14.5. The molecule has 0 saturated heterocycles. The number of aliphatic hydroxyl groups excluding tert-OH is 1. The van der Waals surface area contributed by atoms with Crippen molar-refractivity contribution in [2.45, 2.75) is 44.2 Å². The van der Waals surface area contributed by atoms with Crippen molar-refractivity contribution in [3.8, 4) is 5.75 Å². The molecular formula is C15H21Cl2NO2. The SMILES string of the molecule is CC1(NCC(O)COc2cc(Cl)ccc2Cl)CCCC1. The van der Waals surface area contributed by atoms with Crippen LogP contribution < -0.4 is 10.1 Å². The lowest BCUT2D eigenvalue weighted by molar-refractivity contribution is 0.0980. The molecule has 0 aromatic heterocycles. The first-order chi connectivity index (χ1) is 9.48. The summed E-state index contributed by atoms with van der Waals surface area (Å²) in [4.78, 5) is 0. The summed E-state index contributed by atoms with van der Waals surface area (Å²) in [7, 11) is 0. The van der Waals surface area contributed by atoms with Gasteiger partial charge >= 0.3 is 0 Å². The van der Waals surface area contributed by atoms with Gasteiger partial charge in [0.05, 0.1) is 5.02 Å². The summed E-state index contributed by atoms with van der Waals surface area (Å²) in [5.41, 5.74) is 0.161. The molecule has 112 valence electrons. The summed E-state index contributed by atoms with van der Waals surface area (Å²) < 4.78 is 5.52. The van der Waals surface area contributed by atoms with Crippen molar-refractivity contribution in [2.24, 2.45) is 0 Å². The Morgan fingerprint density at radius 1 is 1.35 bits per heavy atom. The summed E-state index contributed by atoms with van der Waals surface area (Å²) >= 11 is 11.9. The summed E-state index contributed by atoms with van der Waals surface area (Å²) in [6.45, 7) is 2.93. The largest absolute Gasteiger partial charge is 0.489 e. The van der Waals surface area contributed by atoms with Gasteiger partial charge in [-0.15, -0.1) is 0 Å². The van der Waals surface area contributed by atoms with Gasteiger partial charge in [-0.25, -0.2) is 0 Å². The molecule has 2 rings (SSSR count). The lowest BCUT2D eigenvalue weighted by atomic mass is 10.0. The van der Waals surface area contributed by atoms with E-state index >= 15 is 0 Å². The molecule has 1 aliphatic carbocycles. The van der Waals surface area contributed by atoms with Crippen molar-refractivity contribution in [1.82, 2.24) is 5.32 Å². The summed E-state index contributed by atoms with van der Waals surface area (Å²) in [5.74, 6) is 0.505. The summed E-state index contributed by atoms with van der Waals surface area (Å²) in [6.07, 6.45) is 4.28. The Morgan fingerprint density at radius 2 is 2.05 bits per heavy atom. The maximum absolute atomic E-state index is 9.98. The third-order valence-electron chi connectivity index (χ3n) is 3.80. The van der Waals surface area contributed by atoms with Crippen LogP contribution in [0.5, 0.6) is 5.75 Å². The van der Waals surface area contributed by atoms with Crippen LogP contribution in [0.2, 0.25) is 10.0 Å². The fraction of sp³-hybridized carbons (Fsp3) is 0.600. The van der Waals surface area contributed by atoms with Crippen molar-refractivity contribution in [3.63, 3.8) is 0 Å². The molecule has 3 nitrogen and oxygen atoms in total. The van der Waals surface area contributed by atoms with Crippen molar-refractivity contribution >= 4 is 23.2 Å². The van der Waals surface area contributed by atoms with E-state index in [0.29, 0.717) is 22.3 Å². The number of hydrogen-bond donors (Lipinski definition) is 2. The van der Waals surface area contributed by atoms with Crippen LogP contribution in [0.1, 0.15) is 32.6 Å². The molecule has 0 spiro atoms. The fourth-order valence-corrected chi connectivity index (χ4v) is 2.86. The number of halogens is 2. The van der Waals surface area contributed by atoms with Gasteiger partial charge in [0.25, 0.3) is 0 Å². The van der Waals surface area contributed by atoms with Crippen LogP contribution in [-0.4, -0.2) is 29.9 Å². The number of β-amino-alcohol motifs (C(OH)–C–C–N with tert-alkyl or cyclic N) is 1. The molecule has 5 heteroatoms. The van der Waals surface area contributed by atoms with Gasteiger partial charge in [0.2, 0.25) is 0 Å². The molecule has 1 atom stereocenters. The van der Waals surface area contributed by atoms with Crippen LogP contribution >= 0.6 is 23.2 Å². The quantitative estimate of drug-likeness (QED) is 0.841. The molecule has 0 radical (unpaired) electrons. The van der Waals surface area contributed by atoms with E-state index in [4.69, 9.17) is 27.9 Å². The van der Waals surface area contributed by atoms with E-state index in [1.807, 2.05) is 0 Å². The van der Waals surface area contributed by atoms with Crippen LogP contribution in [0.4, 0.5) is 0 Å². The number of nitrogens with one attached hydrogen (secondary N) is 1. The van der Waals surface area contributed by atoms with E-state index in [1.54, 1.807) is 18.2 Å². The van der Waals surface area contributed by atoms with E-state index in [9.17, 15) is 5.11 Å². The fourth-order valence-electron chi connectivity index (χ4n) is 2.53. The van der Waals surface area contributed by atoms with Crippen LogP contribution in [0.15, 0.2) is 18.2 Å². The molecule has 1 saturated carbocycles. The molecule has 0 aliphatic heterocycles. The van der Waals surface area contributed by atoms with Crippen molar-refractivity contribution in [2.75, 3.05) is 13.2 Å². The number of hydrogen-bond acceptors (Lipinski definition) is 3. The molecule has 0 bridgehead atoms. The second kappa shape index (κ2) is 6.99. The lowest BCUT2D eigenvalue weighted by Crippen LogP contribution is -2.44. The van der Waals surface area contributed by atoms with Crippen LogP contribution in [-0.2, 0) is 0 Å². The number of rotatable bonds is 6. The number of benzene rings is 1. The van der Waals surface area contributed by atoms with E-state index in [1.165, 1.54) is 25.7 Å². The maximum Gasteiger partial charge on any atom is 0.139 e. The van der Waals surface area contributed by atoms with Crippen LogP contribution in [0, 0.1) is 0 Å². The first-order valence-electron chi connectivity index (χ1n) is 6.99. The maximum atomic E-state index is 9.98. The Bertz CT molecular complexity index is 447. The lowest BCUT2D eigenvalue weighted by Gasteiger charge is -2.27. The molecule has 1 aliphatic rings. The molecule has 20 heavy (non-hydrogen) atoms. The van der Waals surface area contributed by atoms with Crippen molar-refractivity contribution < 1.29 is 9.84 Å². The topological polar surface area (TPSA) is 41.5 Å². The number of aliphatic hydroxyl groups is 1. The Balaban J connectivity index is 1.77. The Hall–Kier alpha value is -0.480. The molecule has 1 unspecified atom stereocenters. The first kappa shape index (κ1) is 15.9.